The van der Waals surface area contributed by atoms with E-state index < -0.39 is 23.0 Å². The maximum Gasteiger partial charge on any atom is 0.212 e. The normalized spacial score (nSPS) is 13.7. The van der Waals surface area contributed by atoms with Gasteiger partial charge in [0.05, 0.1) is 12.7 Å². The molecule has 11 heteroatoms. The molecule has 0 saturated heterocycles. The predicted octanol–water partition coefficient (Wildman–Crippen LogP) is 6.87. The van der Waals surface area contributed by atoms with Crippen LogP contribution in [-0.4, -0.2) is 41.6 Å². The van der Waals surface area contributed by atoms with Crippen LogP contribution in [0.4, 0.5) is 19.7 Å². The van der Waals surface area contributed by atoms with Gasteiger partial charge in [-0.2, -0.15) is 0 Å². The van der Waals surface area contributed by atoms with Gasteiger partial charge in [-0.3, -0.25) is 14.8 Å². The molecule has 0 bridgehead atoms. The van der Waals surface area contributed by atoms with Gasteiger partial charge >= 0.3 is 0 Å². The molecule has 1 aliphatic rings. The summed E-state index contributed by atoms with van der Waals surface area (Å²) in [5.74, 6) is -0.0422. The van der Waals surface area contributed by atoms with E-state index >= 15 is 0 Å². The van der Waals surface area contributed by atoms with Crippen molar-refractivity contribution in [3.05, 3.63) is 69.6 Å². The van der Waals surface area contributed by atoms with E-state index in [0.29, 0.717) is 23.8 Å². The average Bonchev–Trinajstić information content (AvgIpc) is 3.29. The number of nitrogens with two attached hydrogens (primary N) is 2. The van der Waals surface area contributed by atoms with Crippen molar-refractivity contribution < 1.29 is 18.3 Å². The summed E-state index contributed by atoms with van der Waals surface area (Å²) >= 11 is 2.45. The number of rotatable bonds is 11. The zero-order valence-corrected chi connectivity index (χ0v) is 25.8. The highest BCUT2D eigenvalue weighted by Crippen LogP contribution is 2.31. The Morgan fingerprint density at radius 3 is 2.27 bits per heavy atom. The Hall–Kier alpha value is -2.73. The Morgan fingerprint density at radius 2 is 1.73 bits per heavy atom. The van der Waals surface area contributed by atoms with E-state index in [9.17, 15) is 13.6 Å². The van der Waals surface area contributed by atoms with Crippen LogP contribution >= 0.6 is 23.3 Å². The quantitative estimate of drug-likeness (QED) is 0.161. The molecule has 224 valence electrons. The number of benzene rings is 2. The number of halogens is 2. The summed E-state index contributed by atoms with van der Waals surface area (Å²) in [5, 5.41) is 8.97. The van der Waals surface area contributed by atoms with E-state index in [0.717, 1.165) is 60.0 Å². The summed E-state index contributed by atoms with van der Waals surface area (Å²) in [6.07, 6.45) is 5.55. The van der Waals surface area contributed by atoms with Gasteiger partial charge in [-0.05, 0) is 61.2 Å². The number of methoxy groups -OCH3 is 1. The first-order valence-electron chi connectivity index (χ1n) is 13.8. The van der Waals surface area contributed by atoms with Crippen molar-refractivity contribution in [1.82, 2.24) is 9.88 Å². The molecular formula is C30H41F2N5O2S2. The van der Waals surface area contributed by atoms with E-state index in [1.165, 1.54) is 30.5 Å². The summed E-state index contributed by atoms with van der Waals surface area (Å²) in [7, 11) is 3.47. The van der Waals surface area contributed by atoms with Crippen molar-refractivity contribution in [2.24, 2.45) is 11.1 Å². The first-order valence-corrected chi connectivity index (χ1v) is 15.7. The topological polar surface area (TPSA) is 106 Å². The first kappa shape index (κ1) is 32.8. The SMILES string of the molecule is CC(C)CSN.COc1ccc(CN(C)Cc2cc(F)c(C(=O)c3sc(NC4CCCCC4)nc3N)c(F)c2)cc1. The van der Waals surface area contributed by atoms with Crippen molar-refractivity contribution in [3.8, 4) is 5.75 Å². The van der Waals surface area contributed by atoms with Crippen LogP contribution in [0.15, 0.2) is 36.4 Å². The highest BCUT2D eigenvalue weighted by atomic mass is 32.2. The highest BCUT2D eigenvalue weighted by Gasteiger charge is 2.26. The lowest BCUT2D eigenvalue weighted by molar-refractivity contribution is 0.103. The molecule has 0 amide bonds. The van der Waals surface area contributed by atoms with Crippen LogP contribution in [0.5, 0.6) is 5.75 Å². The van der Waals surface area contributed by atoms with E-state index in [1.807, 2.05) is 36.2 Å². The molecule has 41 heavy (non-hydrogen) atoms. The number of hydrogen-bond acceptors (Lipinski definition) is 9. The lowest BCUT2D eigenvalue weighted by Gasteiger charge is -2.22. The Bertz CT molecular complexity index is 1240. The van der Waals surface area contributed by atoms with Crippen LogP contribution in [0.3, 0.4) is 0 Å². The third-order valence-electron chi connectivity index (χ3n) is 6.61. The fourth-order valence-corrected chi connectivity index (χ4v) is 5.92. The second-order valence-electron chi connectivity index (χ2n) is 10.7. The van der Waals surface area contributed by atoms with Gasteiger partial charge in [0.15, 0.2) is 5.13 Å². The zero-order valence-electron chi connectivity index (χ0n) is 24.2. The third kappa shape index (κ3) is 9.95. The molecule has 1 heterocycles. The number of anilines is 2. The van der Waals surface area contributed by atoms with E-state index in [2.05, 4.69) is 24.1 Å². The van der Waals surface area contributed by atoms with Crippen LogP contribution < -0.4 is 20.9 Å². The number of aromatic nitrogens is 1. The number of nitrogens with one attached hydrogen (secondary N) is 1. The minimum absolute atomic E-state index is 0.0135. The van der Waals surface area contributed by atoms with Crippen molar-refractivity contribution in [3.63, 3.8) is 0 Å². The molecule has 4 rings (SSSR count). The Labute approximate surface area is 250 Å². The number of ether oxygens (including phenoxy) is 1. The summed E-state index contributed by atoms with van der Waals surface area (Å²) in [4.78, 5) is 19.2. The molecule has 3 aromatic rings. The van der Waals surface area contributed by atoms with Crippen LogP contribution in [0.2, 0.25) is 0 Å². The number of nitrogens with zero attached hydrogens (tertiary/aromatic N) is 2. The number of thiazole rings is 1. The molecule has 1 saturated carbocycles. The number of carbonyl (C=O) groups is 1. The summed E-state index contributed by atoms with van der Waals surface area (Å²) < 4.78 is 35.1. The predicted molar refractivity (Wildman–Crippen MR) is 166 cm³/mol. The van der Waals surface area contributed by atoms with E-state index in [1.54, 1.807) is 7.11 Å². The minimum atomic E-state index is -0.905. The molecule has 5 N–H and O–H groups in total. The maximum atomic E-state index is 15.0. The molecule has 1 aliphatic carbocycles. The van der Waals surface area contributed by atoms with E-state index in [4.69, 9.17) is 15.6 Å². The smallest absolute Gasteiger partial charge is 0.212 e. The average molecular weight is 606 g/mol. The maximum absolute atomic E-state index is 15.0. The molecule has 0 aliphatic heterocycles. The molecule has 0 unspecified atom stereocenters. The third-order valence-corrected chi connectivity index (χ3v) is 8.48. The number of nitrogen functional groups attached to an aromatic ring is 1. The lowest BCUT2D eigenvalue weighted by atomic mass is 9.96. The second-order valence-corrected chi connectivity index (χ2v) is 12.4. The molecule has 1 fully saturated rings. The van der Waals surface area contributed by atoms with Gasteiger partial charge in [-0.15, -0.1) is 0 Å². The zero-order chi connectivity index (χ0) is 29.9. The fraction of sp³-hybridized carbons (Fsp3) is 0.467. The van der Waals surface area contributed by atoms with Crippen molar-refractivity contribution in [2.45, 2.75) is 65.1 Å². The molecule has 0 radical (unpaired) electrons. The molecule has 0 spiro atoms. The summed E-state index contributed by atoms with van der Waals surface area (Å²) in [6, 6.07) is 10.3. The Morgan fingerprint density at radius 1 is 1.12 bits per heavy atom. The Balaban J connectivity index is 0.000000696. The monoisotopic (exact) mass is 605 g/mol. The largest absolute Gasteiger partial charge is 0.497 e. The van der Waals surface area contributed by atoms with Gasteiger partial charge in [0, 0.05) is 24.9 Å². The number of carbonyl (C=O) groups excluding carboxylic acids is 1. The van der Waals surface area contributed by atoms with Crippen LogP contribution in [0.1, 0.15) is 72.3 Å². The van der Waals surface area contributed by atoms with Crippen LogP contribution in [0, 0.1) is 17.6 Å². The van der Waals surface area contributed by atoms with Crippen LogP contribution in [0.25, 0.3) is 0 Å². The lowest BCUT2D eigenvalue weighted by Crippen LogP contribution is -2.22. The molecule has 1 aromatic heterocycles. The number of hydrogen-bond donors (Lipinski definition) is 3. The molecule has 0 atom stereocenters. The van der Waals surface area contributed by atoms with Gasteiger partial charge in [-0.25, -0.2) is 13.8 Å². The van der Waals surface area contributed by atoms with Gasteiger partial charge in [-0.1, -0.05) is 68.5 Å². The molecular weight excluding hydrogens is 564 g/mol. The van der Waals surface area contributed by atoms with Gasteiger partial charge in [0.25, 0.3) is 0 Å². The molecule has 2 aromatic carbocycles. The second kappa shape index (κ2) is 16.1. The minimum Gasteiger partial charge on any atom is -0.497 e. The van der Waals surface area contributed by atoms with Crippen LogP contribution in [-0.2, 0) is 13.1 Å². The summed E-state index contributed by atoms with van der Waals surface area (Å²) in [5.41, 5.74) is 6.82. The Kier molecular flexibility index (Phi) is 12.8. The standard InChI is InChI=1S/C26H30F2N4O2S.C4H11NS/c1-32(14-16-8-10-19(34-2)11-9-16)15-17-12-20(27)22(21(28)13-17)23(33)24-25(29)31-26(35-24)30-18-6-4-3-5-7-18;1-4(2)3-6-5/h8-13,18H,3-7,14-15,29H2,1-2H3,(H,30,31);4H,3,5H2,1-2H3. The summed E-state index contributed by atoms with van der Waals surface area (Å²) in [6.45, 7) is 5.20. The van der Waals surface area contributed by atoms with Gasteiger partial charge < -0.3 is 15.8 Å². The van der Waals surface area contributed by atoms with Gasteiger partial charge in [0.1, 0.15) is 28.1 Å². The number of ketones is 1. The van der Waals surface area contributed by atoms with E-state index in [-0.39, 0.29) is 16.7 Å². The highest BCUT2D eigenvalue weighted by molar-refractivity contribution is 7.97. The molecule has 7 nitrogen and oxygen atoms in total. The van der Waals surface area contributed by atoms with Crippen molar-refractivity contribution in [1.29, 1.82) is 0 Å². The van der Waals surface area contributed by atoms with Gasteiger partial charge in [0.2, 0.25) is 5.78 Å². The first-order chi connectivity index (χ1) is 19.6. The van der Waals surface area contributed by atoms with Crippen molar-refractivity contribution >= 4 is 40.0 Å². The fourth-order valence-electron chi connectivity index (χ4n) is 4.63. The van der Waals surface area contributed by atoms with Crippen molar-refractivity contribution in [2.75, 3.05) is 31.0 Å².